The zero-order valence-electron chi connectivity index (χ0n) is 16.3. The summed E-state index contributed by atoms with van der Waals surface area (Å²) in [7, 11) is 0. The van der Waals surface area contributed by atoms with E-state index in [1.54, 1.807) is 4.90 Å². The number of nitrogens with one attached hydrogen (secondary N) is 1. The van der Waals surface area contributed by atoms with E-state index in [-0.39, 0.29) is 24.5 Å². The molecule has 0 unspecified atom stereocenters. The van der Waals surface area contributed by atoms with Gasteiger partial charge < -0.3 is 9.64 Å². The predicted molar refractivity (Wildman–Crippen MR) is 111 cm³/mol. The molecule has 6 heteroatoms. The molecule has 2 aromatic rings. The van der Waals surface area contributed by atoms with Crippen LogP contribution in [0.5, 0.6) is 5.75 Å². The average Bonchev–Trinajstić information content (AvgIpc) is 2.96. The van der Waals surface area contributed by atoms with Gasteiger partial charge >= 0.3 is 0 Å². The van der Waals surface area contributed by atoms with Crippen LogP contribution in [0.15, 0.2) is 59.7 Å². The molecule has 4 rings (SSSR count). The van der Waals surface area contributed by atoms with E-state index in [9.17, 15) is 9.59 Å². The Labute approximate surface area is 170 Å². The highest BCUT2D eigenvalue weighted by atomic mass is 16.5. The van der Waals surface area contributed by atoms with Crippen LogP contribution < -0.4 is 10.2 Å². The molecule has 1 saturated heterocycles. The molecule has 150 valence electrons. The Balaban J connectivity index is 1.49. The van der Waals surface area contributed by atoms with Crippen LogP contribution in [0.25, 0.3) is 0 Å². The van der Waals surface area contributed by atoms with E-state index < -0.39 is 0 Å². The standard InChI is InChI=1S/C23H25N3O3/c27-22(16-26-14-8-2-5-13-23(26)28)25-24-19-15-21(17-9-3-1-4-10-17)29-20-12-7-6-11-18(19)20/h1,3-4,6-7,9-12,21H,2,5,8,13-16H2,(H,25,27)/b24-19-/t21-/m0/s1. The molecule has 1 fully saturated rings. The summed E-state index contributed by atoms with van der Waals surface area (Å²) in [5.74, 6) is 0.530. The number of nitrogens with zero attached hydrogens (tertiary/aromatic N) is 2. The minimum absolute atomic E-state index is 0.0471. The van der Waals surface area contributed by atoms with Crippen LogP contribution in [0.1, 0.15) is 49.3 Å². The van der Waals surface area contributed by atoms with Gasteiger partial charge in [-0.1, -0.05) is 48.9 Å². The van der Waals surface area contributed by atoms with Crippen molar-refractivity contribution in [2.45, 2.75) is 38.2 Å². The van der Waals surface area contributed by atoms with Crippen molar-refractivity contribution in [2.75, 3.05) is 13.1 Å². The van der Waals surface area contributed by atoms with Crippen molar-refractivity contribution in [2.24, 2.45) is 5.10 Å². The lowest BCUT2D eigenvalue weighted by Gasteiger charge is -2.27. The van der Waals surface area contributed by atoms with Crippen LogP contribution in [-0.4, -0.2) is 35.5 Å². The van der Waals surface area contributed by atoms with Crippen molar-refractivity contribution in [1.29, 1.82) is 0 Å². The van der Waals surface area contributed by atoms with Crippen molar-refractivity contribution in [1.82, 2.24) is 10.3 Å². The molecule has 0 aromatic heterocycles. The third-order valence-electron chi connectivity index (χ3n) is 5.34. The fourth-order valence-electron chi connectivity index (χ4n) is 3.79. The molecule has 0 saturated carbocycles. The van der Waals surface area contributed by atoms with Crippen LogP contribution in [0, 0.1) is 0 Å². The van der Waals surface area contributed by atoms with E-state index in [1.807, 2.05) is 54.6 Å². The van der Waals surface area contributed by atoms with Crippen molar-refractivity contribution < 1.29 is 14.3 Å². The second kappa shape index (κ2) is 8.90. The van der Waals surface area contributed by atoms with Crippen LogP contribution in [-0.2, 0) is 9.59 Å². The first-order chi connectivity index (χ1) is 14.2. The van der Waals surface area contributed by atoms with Gasteiger partial charge in [0.2, 0.25) is 5.91 Å². The van der Waals surface area contributed by atoms with Gasteiger partial charge in [0, 0.05) is 24.9 Å². The van der Waals surface area contributed by atoms with Gasteiger partial charge in [0.25, 0.3) is 5.91 Å². The largest absolute Gasteiger partial charge is 0.485 e. The lowest BCUT2D eigenvalue weighted by Crippen LogP contribution is -2.39. The number of fused-ring (bicyclic) bond motifs is 1. The Morgan fingerprint density at radius 2 is 1.86 bits per heavy atom. The fourth-order valence-corrected chi connectivity index (χ4v) is 3.79. The molecule has 0 bridgehead atoms. The number of amides is 2. The maximum absolute atomic E-state index is 12.4. The monoisotopic (exact) mass is 391 g/mol. The maximum Gasteiger partial charge on any atom is 0.259 e. The fraction of sp³-hybridized carbons (Fsp3) is 0.348. The molecule has 2 aliphatic rings. The van der Waals surface area contributed by atoms with Crippen molar-refractivity contribution in [3.05, 3.63) is 65.7 Å². The molecule has 2 heterocycles. The van der Waals surface area contributed by atoms with Crippen LogP contribution >= 0.6 is 0 Å². The molecule has 29 heavy (non-hydrogen) atoms. The highest BCUT2D eigenvalue weighted by Crippen LogP contribution is 2.34. The van der Waals surface area contributed by atoms with E-state index in [2.05, 4.69) is 10.5 Å². The van der Waals surface area contributed by atoms with E-state index >= 15 is 0 Å². The Kier molecular flexibility index (Phi) is 5.89. The first-order valence-electron chi connectivity index (χ1n) is 10.1. The van der Waals surface area contributed by atoms with Crippen molar-refractivity contribution in [3.8, 4) is 5.75 Å². The molecular formula is C23H25N3O3. The quantitative estimate of drug-likeness (QED) is 0.812. The molecule has 0 radical (unpaired) electrons. The molecule has 2 aliphatic heterocycles. The van der Waals surface area contributed by atoms with Gasteiger partial charge in [0.1, 0.15) is 18.4 Å². The number of rotatable bonds is 4. The minimum atomic E-state index is -0.270. The van der Waals surface area contributed by atoms with Gasteiger partial charge in [-0.3, -0.25) is 9.59 Å². The smallest absolute Gasteiger partial charge is 0.259 e. The number of hydrogen-bond acceptors (Lipinski definition) is 4. The van der Waals surface area contributed by atoms with Crippen molar-refractivity contribution in [3.63, 3.8) is 0 Å². The summed E-state index contributed by atoms with van der Waals surface area (Å²) < 4.78 is 6.16. The number of carbonyl (C=O) groups excluding carboxylic acids is 2. The van der Waals surface area contributed by atoms with E-state index in [0.717, 1.165) is 41.9 Å². The zero-order chi connectivity index (χ0) is 20.1. The Hall–Kier alpha value is -3.15. The Bertz CT molecular complexity index is 911. The topological polar surface area (TPSA) is 71.0 Å². The lowest BCUT2D eigenvalue weighted by molar-refractivity contribution is -0.135. The molecule has 2 aromatic carbocycles. The molecule has 2 amide bonds. The summed E-state index contributed by atoms with van der Waals surface area (Å²) in [6.45, 7) is 0.686. The third-order valence-corrected chi connectivity index (χ3v) is 5.34. The predicted octanol–water partition coefficient (Wildman–Crippen LogP) is 3.43. The first kappa shape index (κ1) is 19.2. The average molecular weight is 391 g/mol. The number of hydrogen-bond donors (Lipinski definition) is 1. The van der Waals surface area contributed by atoms with Crippen LogP contribution in [0.4, 0.5) is 0 Å². The normalized spacial score (nSPS) is 20.6. The van der Waals surface area contributed by atoms with Gasteiger partial charge in [-0.05, 0) is 30.5 Å². The number of benzene rings is 2. The summed E-state index contributed by atoms with van der Waals surface area (Å²) >= 11 is 0. The summed E-state index contributed by atoms with van der Waals surface area (Å²) in [4.78, 5) is 26.2. The van der Waals surface area contributed by atoms with Gasteiger partial charge in [0.15, 0.2) is 0 Å². The highest BCUT2D eigenvalue weighted by molar-refractivity contribution is 6.04. The summed E-state index contributed by atoms with van der Waals surface area (Å²) in [6.07, 6.45) is 3.79. The van der Waals surface area contributed by atoms with Gasteiger partial charge in [0.05, 0.1) is 5.71 Å². The van der Waals surface area contributed by atoms with Crippen LogP contribution in [0.2, 0.25) is 0 Å². The summed E-state index contributed by atoms with van der Waals surface area (Å²) in [6, 6.07) is 17.7. The number of ether oxygens (including phenoxy) is 1. The summed E-state index contributed by atoms with van der Waals surface area (Å²) in [5, 5.41) is 4.41. The first-order valence-corrected chi connectivity index (χ1v) is 10.1. The van der Waals surface area contributed by atoms with Crippen LogP contribution in [0.3, 0.4) is 0 Å². The van der Waals surface area contributed by atoms with Gasteiger partial charge in [-0.2, -0.15) is 5.10 Å². The molecule has 1 N–H and O–H groups in total. The number of likely N-dealkylation sites (tertiary alicyclic amines) is 1. The maximum atomic E-state index is 12.4. The number of para-hydroxylation sites is 1. The molecule has 0 aliphatic carbocycles. The molecule has 6 nitrogen and oxygen atoms in total. The second-order valence-electron chi connectivity index (χ2n) is 7.44. The molecular weight excluding hydrogens is 366 g/mol. The van der Waals surface area contributed by atoms with E-state index in [1.165, 1.54) is 0 Å². The van der Waals surface area contributed by atoms with E-state index in [4.69, 9.17) is 4.74 Å². The van der Waals surface area contributed by atoms with Gasteiger partial charge in [-0.15, -0.1) is 0 Å². The minimum Gasteiger partial charge on any atom is -0.485 e. The van der Waals surface area contributed by atoms with Crippen molar-refractivity contribution >= 4 is 17.5 Å². The lowest BCUT2D eigenvalue weighted by atomic mass is 9.96. The molecule has 0 spiro atoms. The van der Waals surface area contributed by atoms with Gasteiger partial charge in [-0.25, -0.2) is 5.43 Å². The third kappa shape index (κ3) is 4.65. The SMILES string of the molecule is O=C(CN1CCCCCC1=O)N/N=C1/C[C@@H](c2ccccc2)Oc2ccccc21. The summed E-state index contributed by atoms with van der Waals surface area (Å²) in [5.41, 5.74) is 5.37. The highest BCUT2D eigenvalue weighted by Gasteiger charge is 2.26. The number of hydrazone groups is 1. The zero-order valence-corrected chi connectivity index (χ0v) is 16.3. The second-order valence-corrected chi connectivity index (χ2v) is 7.44. The number of carbonyl (C=O) groups is 2. The van der Waals surface area contributed by atoms with E-state index in [0.29, 0.717) is 19.4 Å². The Morgan fingerprint density at radius 1 is 1.07 bits per heavy atom. The molecule has 1 atom stereocenters. The Morgan fingerprint density at radius 3 is 2.72 bits per heavy atom.